The number of hydrogen-bond acceptors (Lipinski definition) is 4. The molecule has 0 radical (unpaired) electrons. The zero-order valence-corrected chi connectivity index (χ0v) is 9.23. The van der Waals surface area contributed by atoms with E-state index in [1.165, 1.54) is 5.56 Å². The minimum absolute atomic E-state index is 0.422. The summed E-state index contributed by atoms with van der Waals surface area (Å²) < 4.78 is 5.23. The number of ether oxygens (including phenoxy) is 1. The number of nitrogens with one attached hydrogen (secondary N) is 1. The van der Waals surface area contributed by atoms with Crippen LogP contribution in [0.5, 0.6) is 0 Å². The molecular formula is C11H17N3O. The van der Waals surface area contributed by atoms with Gasteiger partial charge in [-0.15, -0.1) is 0 Å². The molecule has 0 atom stereocenters. The van der Waals surface area contributed by atoms with Gasteiger partial charge < -0.3 is 10.1 Å². The predicted octanol–water partition coefficient (Wildman–Crippen LogP) is 0.954. The first kappa shape index (κ1) is 10.4. The fraction of sp³-hybridized carbons (Fsp3) is 0.545. The van der Waals surface area contributed by atoms with Crippen LogP contribution in [0.15, 0.2) is 18.5 Å². The highest BCUT2D eigenvalue weighted by Gasteiger charge is 2.25. The van der Waals surface area contributed by atoms with Gasteiger partial charge in [0.15, 0.2) is 0 Å². The fourth-order valence-corrected chi connectivity index (χ4v) is 1.77. The van der Waals surface area contributed by atoms with Crippen molar-refractivity contribution in [3.05, 3.63) is 24.0 Å². The van der Waals surface area contributed by atoms with Crippen LogP contribution in [0.1, 0.15) is 5.56 Å². The van der Waals surface area contributed by atoms with Gasteiger partial charge >= 0.3 is 0 Å². The van der Waals surface area contributed by atoms with E-state index in [4.69, 9.17) is 4.74 Å². The Morgan fingerprint density at radius 1 is 1.53 bits per heavy atom. The Balaban J connectivity index is 1.88. The monoisotopic (exact) mass is 207 g/mol. The molecule has 1 fully saturated rings. The van der Waals surface area contributed by atoms with Gasteiger partial charge in [-0.25, -0.2) is 0 Å². The molecule has 2 heterocycles. The van der Waals surface area contributed by atoms with Gasteiger partial charge in [0.25, 0.3) is 0 Å². The zero-order valence-electron chi connectivity index (χ0n) is 9.23. The fourth-order valence-electron chi connectivity index (χ4n) is 1.77. The highest BCUT2D eigenvalue weighted by atomic mass is 16.5. The van der Waals surface area contributed by atoms with Gasteiger partial charge in [-0.1, -0.05) is 0 Å². The topological polar surface area (TPSA) is 37.4 Å². The van der Waals surface area contributed by atoms with Crippen LogP contribution in [0.4, 0.5) is 5.69 Å². The molecule has 1 saturated heterocycles. The van der Waals surface area contributed by atoms with Gasteiger partial charge in [0, 0.05) is 46.2 Å². The molecule has 0 saturated carbocycles. The van der Waals surface area contributed by atoms with E-state index in [9.17, 15) is 0 Å². The first-order valence-electron chi connectivity index (χ1n) is 5.18. The number of likely N-dealkylation sites (tertiary alicyclic amines) is 1. The molecule has 82 valence electrons. The third-order valence-corrected chi connectivity index (χ3v) is 2.75. The Hall–Kier alpha value is -1.13. The highest BCUT2D eigenvalue weighted by molar-refractivity contribution is 5.41. The maximum Gasteiger partial charge on any atom is 0.0825 e. The maximum atomic E-state index is 5.23. The largest absolute Gasteiger partial charge is 0.387 e. The van der Waals surface area contributed by atoms with Crippen LogP contribution in [0.3, 0.4) is 0 Å². The lowest BCUT2D eigenvalue weighted by Gasteiger charge is -2.38. The molecule has 1 aromatic heterocycles. The Labute approximate surface area is 90.3 Å². The summed E-state index contributed by atoms with van der Waals surface area (Å²) >= 11 is 0. The molecule has 1 aliphatic rings. The van der Waals surface area contributed by atoms with E-state index in [0.29, 0.717) is 6.10 Å². The summed E-state index contributed by atoms with van der Waals surface area (Å²) in [6.07, 6.45) is 4.17. The molecule has 1 aliphatic heterocycles. The molecule has 0 amide bonds. The molecule has 1 N–H and O–H groups in total. The average molecular weight is 207 g/mol. The van der Waals surface area contributed by atoms with Crippen LogP contribution in [0.2, 0.25) is 0 Å². The number of anilines is 1. The van der Waals surface area contributed by atoms with Gasteiger partial charge in [-0.3, -0.25) is 9.88 Å². The van der Waals surface area contributed by atoms with Crippen molar-refractivity contribution in [2.75, 3.05) is 32.6 Å². The van der Waals surface area contributed by atoms with E-state index < -0.39 is 0 Å². The highest BCUT2D eigenvalue weighted by Crippen LogP contribution is 2.16. The Morgan fingerprint density at radius 2 is 2.33 bits per heavy atom. The normalized spacial score (nSPS) is 17.5. The number of nitrogens with zero attached hydrogens (tertiary/aromatic N) is 2. The number of aromatic nitrogens is 1. The Bertz CT molecular complexity index is 323. The van der Waals surface area contributed by atoms with E-state index >= 15 is 0 Å². The standard InChI is InChI=1S/C11H17N3O/c1-12-10-3-9(4-13-5-10)6-14-7-11(8-14)15-2/h3-5,11-12H,6-8H2,1-2H3. The van der Waals surface area contributed by atoms with Crippen molar-refractivity contribution in [3.8, 4) is 0 Å². The summed E-state index contributed by atoms with van der Waals surface area (Å²) in [5.74, 6) is 0. The molecule has 4 nitrogen and oxygen atoms in total. The SMILES string of the molecule is CNc1cncc(CN2CC(OC)C2)c1. The summed E-state index contributed by atoms with van der Waals surface area (Å²) in [6.45, 7) is 3.02. The maximum absolute atomic E-state index is 5.23. The lowest BCUT2D eigenvalue weighted by Crippen LogP contribution is -2.50. The van der Waals surface area contributed by atoms with E-state index in [1.807, 2.05) is 19.4 Å². The van der Waals surface area contributed by atoms with Gasteiger partial charge in [0.2, 0.25) is 0 Å². The molecule has 0 aliphatic carbocycles. The van der Waals surface area contributed by atoms with E-state index in [-0.39, 0.29) is 0 Å². The van der Waals surface area contributed by atoms with Crippen LogP contribution >= 0.6 is 0 Å². The summed E-state index contributed by atoms with van der Waals surface area (Å²) in [7, 11) is 3.68. The lowest BCUT2D eigenvalue weighted by molar-refractivity contribution is -0.0334. The average Bonchev–Trinajstić information content (AvgIpc) is 2.23. The summed E-state index contributed by atoms with van der Waals surface area (Å²) in [5, 5.41) is 3.09. The van der Waals surface area contributed by atoms with Crippen LogP contribution in [-0.4, -0.2) is 43.2 Å². The lowest BCUT2D eigenvalue weighted by atomic mass is 10.1. The Morgan fingerprint density at radius 3 is 3.00 bits per heavy atom. The summed E-state index contributed by atoms with van der Waals surface area (Å²) in [5.41, 5.74) is 2.31. The molecule has 0 spiro atoms. The van der Waals surface area contributed by atoms with E-state index in [0.717, 1.165) is 25.3 Å². The minimum atomic E-state index is 0.422. The van der Waals surface area contributed by atoms with Gasteiger partial charge in [0.1, 0.15) is 0 Å². The zero-order chi connectivity index (χ0) is 10.7. The van der Waals surface area contributed by atoms with Crippen LogP contribution in [-0.2, 0) is 11.3 Å². The van der Waals surface area contributed by atoms with Crippen LogP contribution in [0.25, 0.3) is 0 Å². The van der Waals surface area contributed by atoms with Crippen molar-refractivity contribution < 1.29 is 4.74 Å². The van der Waals surface area contributed by atoms with Crippen molar-refractivity contribution in [1.29, 1.82) is 0 Å². The van der Waals surface area contributed by atoms with Crippen molar-refractivity contribution in [2.45, 2.75) is 12.6 Å². The molecule has 0 unspecified atom stereocenters. The van der Waals surface area contributed by atoms with Crippen molar-refractivity contribution in [1.82, 2.24) is 9.88 Å². The quantitative estimate of drug-likeness (QED) is 0.797. The van der Waals surface area contributed by atoms with Crippen molar-refractivity contribution in [2.24, 2.45) is 0 Å². The molecular weight excluding hydrogens is 190 g/mol. The van der Waals surface area contributed by atoms with Crippen molar-refractivity contribution >= 4 is 5.69 Å². The second-order valence-corrected chi connectivity index (χ2v) is 3.88. The molecule has 4 heteroatoms. The molecule has 1 aromatic rings. The van der Waals surface area contributed by atoms with Gasteiger partial charge in [0.05, 0.1) is 11.8 Å². The molecule has 0 aromatic carbocycles. The first-order chi connectivity index (χ1) is 7.31. The Kier molecular flexibility index (Phi) is 3.18. The number of pyridine rings is 1. The third kappa shape index (κ3) is 2.46. The second-order valence-electron chi connectivity index (χ2n) is 3.88. The second kappa shape index (κ2) is 4.59. The summed E-state index contributed by atoms with van der Waals surface area (Å²) in [6, 6.07) is 2.13. The van der Waals surface area contributed by atoms with Crippen LogP contribution < -0.4 is 5.32 Å². The van der Waals surface area contributed by atoms with E-state index in [1.54, 1.807) is 7.11 Å². The smallest absolute Gasteiger partial charge is 0.0825 e. The summed E-state index contributed by atoms with van der Waals surface area (Å²) in [4.78, 5) is 6.54. The minimum Gasteiger partial charge on any atom is -0.387 e. The van der Waals surface area contributed by atoms with Gasteiger partial charge in [-0.05, 0) is 11.6 Å². The molecule has 0 bridgehead atoms. The molecule has 15 heavy (non-hydrogen) atoms. The van der Waals surface area contributed by atoms with Crippen LogP contribution in [0, 0.1) is 0 Å². The predicted molar refractivity (Wildman–Crippen MR) is 59.9 cm³/mol. The molecule has 2 rings (SSSR count). The number of methoxy groups -OCH3 is 1. The van der Waals surface area contributed by atoms with Gasteiger partial charge in [-0.2, -0.15) is 0 Å². The number of rotatable bonds is 4. The van der Waals surface area contributed by atoms with E-state index in [2.05, 4.69) is 21.3 Å². The third-order valence-electron chi connectivity index (χ3n) is 2.75. The number of hydrogen-bond donors (Lipinski definition) is 1. The first-order valence-corrected chi connectivity index (χ1v) is 5.18. The van der Waals surface area contributed by atoms with Crippen molar-refractivity contribution in [3.63, 3.8) is 0 Å².